The summed E-state index contributed by atoms with van der Waals surface area (Å²) in [5.41, 5.74) is 5.11. The van der Waals surface area contributed by atoms with Gasteiger partial charge in [0, 0.05) is 5.54 Å². The summed E-state index contributed by atoms with van der Waals surface area (Å²) in [5, 5.41) is 0. The molecule has 0 atom stereocenters. The molecule has 0 heterocycles. The number of halogens is 1. The molecule has 1 nitrogen and oxygen atoms in total. The summed E-state index contributed by atoms with van der Waals surface area (Å²) in [6.45, 7) is 5.70. The standard InChI is InChI=1S/C10H20FN/c1-4-5-6-7-9(11)8-10(2,3)12/h8H,4-7,12H2,1-3H3/b9-8+. The van der Waals surface area contributed by atoms with Crippen molar-refractivity contribution in [1.82, 2.24) is 0 Å². The molecule has 0 aromatic carbocycles. The third kappa shape index (κ3) is 7.73. The Balaban J connectivity index is 3.71. The van der Waals surface area contributed by atoms with E-state index in [1.807, 2.05) is 0 Å². The van der Waals surface area contributed by atoms with Crippen LogP contribution in [0.25, 0.3) is 0 Å². The zero-order valence-corrected chi connectivity index (χ0v) is 8.36. The molecular formula is C10H20FN. The molecular weight excluding hydrogens is 153 g/mol. The molecule has 0 aliphatic heterocycles. The number of hydrogen-bond donors (Lipinski definition) is 1. The van der Waals surface area contributed by atoms with Crippen molar-refractivity contribution in [3.05, 3.63) is 11.9 Å². The van der Waals surface area contributed by atoms with Crippen molar-refractivity contribution >= 4 is 0 Å². The maximum absolute atomic E-state index is 13.0. The molecule has 0 saturated carbocycles. The highest BCUT2D eigenvalue weighted by molar-refractivity contribution is 5.04. The van der Waals surface area contributed by atoms with E-state index in [9.17, 15) is 4.39 Å². The summed E-state index contributed by atoms with van der Waals surface area (Å²) in [7, 11) is 0. The Morgan fingerprint density at radius 2 is 2.00 bits per heavy atom. The molecule has 0 saturated heterocycles. The minimum atomic E-state index is -0.518. The Morgan fingerprint density at radius 1 is 1.42 bits per heavy atom. The van der Waals surface area contributed by atoms with Crippen molar-refractivity contribution in [3.8, 4) is 0 Å². The van der Waals surface area contributed by atoms with Crippen LogP contribution in [-0.2, 0) is 0 Å². The van der Waals surface area contributed by atoms with E-state index in [1.165, 1.54) is 6.08 Å². The van der Waals surface area contributed by atoms with Gasteiger partial charge in [-0.15, -0.1) is 0 Å². The Labute approximate surface area is 74.8 Å². The number of unbranched alkanes of at least 4 members (excludes halogenated alkanes) is 2. The van der Waals surface area contributed by atoms with E-state index in [0.29, 0.717) is 6.42 Å². The van der Waals surface area contributed by atoms with Crippen molar-refractivity contribution in [1.29, 1.82) is 0 Å². The van der Waals surface area contributed by atoms with Gasteiger partial charge in [0.25, 0.3) is 0 Å². The Kier molecular flexibility index (Phi) is 5.14. The van der Waals surface area contributed by atoms with Crippen molar-refractivity contribution < 1.29 is 4.39 Å². The average Bonchev–Trinajstić information content (AvgIpc) is 1.84. The first-order valence-corrected chi connectivity index (χ1v) is 4.62. The van der Waals surface area contributed by atoms with Crippen LogP contribution in [0.3, 0.4) is 0 Å². The molecule has 2 heteroatoms. The van der Waals surface area contributed by atoms with Gasteiger partial charge in [-0.1, -0.05) is 19.8 Å². The molecule has 12 heavy (non-hydrogen) atoms. The minimum absolute atomic E-state index is 0.0732. The largest absolute Gasteiger partial charge is 0.322 e. The highest BCUT2D eigenvalue weighted by atomic mass is 19.1. The molecule has 0 aliphatic carbocycles. The van der Waals surface area contributed by atoms with Gasteiger partial charge in [-0.3, -0.25) is 0 Å². The predicted molar refractivity (Wildman–Crippen MR) is 51.6 cm³/mol. The second-order valence-electron chi connectivity index (χ2n) is 3.87. The lowest BCUT2D eigenvalue weighted by molar-refractivity contribution is 0.532. The quantitative estimate of drug-likeness (QED) is 0.635. The van der Waals surface area contributed by atoms with Crippen LogP contribution in [0, 0.1) is 0 Å². The molecule has 0 aromatic rings. The summed E-state index contributed by atoms with van der Waals surface area (Å²) in [4.78, 5) is 0. The van der Waals surface area contributed by atoms with Crippen LogP contribution in [0.2, 0.25) is 0 Å². The van der Waals surface area contributed by atoms with Gasteiger partial charge in [0.05, 0.1) is 5.83 Å². The molecule has 0 aromatic heterocycles. The monoisotopic (exact) mass is 173 g/mol. The maximum Gasteiger partial charge on any atom is 0.0977 e. The van der Waals surface area contributed by atoms with Crippen LogP contribution >= 0.6 is 0 Å². The third-order valence-electron chi connectivity index (χ3n) is 1.55. The molecule has 0 rings (SSSR count). The molecule has 0 radical (unpaired) electrons. The fourth-order valence-corrected chi connectivity index (χ4v) is 1.02. The van der Waals surface area contributed by atoms with Crippen LogP contribution in [-0.4, -0.2) is 5.54 Å². The zero-order chi connectivity index (χ0) is 9.61. The first kappa shape index (κ1) is 11.6. The van der Waals surface area contributed by atoms with Crippen LogP contribution in [0.1, 0.15) is 46.5 Å². The van der Waals surface area contributed by atoms with E-state index in [-0.39, 0.29) is 5.83 Å². The number of hydrogen-bond acceptors (Lipinski definition) is 1. The number of nitrogens with two attached hydrogens (primary N) is 1. The van der Waals surface area contributed by atoms with E-state index in [4.69, 9.17) is 5.73 Å². The van der Waals surface area contributed by atoms with E-state index in [0.717, 1.165) is 19.3 Å². The van der Waals surface area contributed by atoms with Crippen LogP contribution in [0.4, 0.5) is 4.39 Å². The zero-order valence-electron chi connectivity index (χ0n) is 8.36. The van der Waals surface area contributed by atoms with Gasteiger partial charge in [0.1, 0.15) is 0 Å². The van der Waals surface area contributed by atoms with E-state index < -0.39 is 5.54 Å². The number of allylic oxidation sites excluding steroid dienone is 1. The summed E-state index contributed by atoms with van der Waals surface area (Å²) >= 11 is 0. The Bertz CT molecular complexity index is 144. The molecule has 0 fully saturated rings. The van der Waals surface area contributed by atoms with E-state index >= 15 is 0 Å². The summed E-state index contributed by atoms with van der Waals surface area (Å²) < 4.78 is 13.0. The fourth-order valence-electron chi connectivity index (χ4n) is 1.02. The van der Waals surface area contributed by atoms with Gasteiger partial charge in [-0.25, -0.2) is 4.39 Å². The highest BCUT2D eigenvalue weighted by Gasteiger charge is 2.07. The predicted octanol–water partition coefficient (Wildman–Crippen LogP) is 3.16. The lowest BCUT2D eigenvalue weighted by Crippen LogP contribution is -2.29. The first-order valence-electron chi connectivity index (χ1n) is 4.62. The first-order chi connectivity index (χ1) is 5.45. The second-order valence-corrected chi connectivity index (χ2v) is 3.87. The summed E-state index contributed by atoms with van der Waals surface area (Å²) in [6, 6.07) is 0. The van der Waals surface area contributed by atoms with Gasteiger partial charge in [0.2, 0.25) is 0 Å². The van der Waals surface area contributed by atoms with Crippen molar-refractivity contribution in [2.45, 2.75) is 52.0 Å². The summed E-state index contributed by atoms with van der Waals surface area (Å²) in [5.74, 6) is -0.0732. The molecule has 0 spiro atoms. The highest BCUT2D eigenvalue weighted by Crippen LogP contribution is 2.13. The normalized spacial score (nSPS) is 13.6. The van der Waals surface area contributed by atoms with Gasteiger partial charge in [0.15, 0.2) is 0 Å². The van der Waals surface area contributed by atoms with Gasteiger partial charge in [-0.05, 0) is 32.8 Å². The smallest absolute Gasteiger partial charge is 0.0977 e. The maximum atomic E-state index is 13.0. The lowest BCUT2D eigenvalue weighted by atomic mass is 10.0. The van der Waals surface area contributed by atoms with Crippen LogP contribution < -0.4 is 5.73 Å². The van der Waals surface area contributed by atoms with E-state index in [1.54, 1.807) is 13.8 Å². The van der Waals surface area contributed by atoms with Gasteiger partial charge >= 0.3 is 0 Å². The molecule has 2 N–H and O–H groups in total. The fraction of sp³-hybridized carbons (Fsp3) is 0.800. The second kappa shape index (κ2) is 5.31. The third-order valence-corrected chi connectivity index (χ3v) is 1.55. The average molecular weight is 173 g/mol. The molecule has 0 amide bonds. The molecule has 72 valence electrons. The van der Waals surface area contributed by atoms with Gasteiger partial charge < -0.3 is 5.73 Å². The Morgan fingerprint density at radius 3 is 2.42 bits per heavy atom. The van der Waals surface area contributed by atoms with Crippen LogP contribution in [0.15, 0.2) is 11.9 Å². The topological polar surface area (TPSA) is 26.0 Å². The van der Waals surface area contributed by atoms with E-state index in [2.05, 4.69) is 6.92 Å². The summed E-state index contributed by atoms with van der Waals surface area (Å²) in [6.07, 6.45) is 5.18. The Hall–Kier alpha value is -0.370. The molecule has 0 unspecified atom stereocenters. The molecule has 0 bridgehead atoms. The number of rotatable bonds is 5. The van der Waals surface area contributed by atoms with Gasteiger partial charge in [-0.2, -0.15) is 0 Å². The molecule has 0 aliphatic rings. The minimum Gasteiger partial charge on any atom is -0.322 e. The van der Waals surface area contributed by atoms with Crippen molar-refractivity contribution in [2.24, 2.45) is 5.73 Å². The lowest BCUT2D eigenvalue weighted by Gasteiger charge is -2.12. The van der Waals surface area contributed by atoms with Crippen molar-refractivity contribution in [2.75, 3.05) is 0 Å². The SMILES string of the molecule is CCCCC/C(F)=C\C(C)(C)N. The van der Waals surface area contributed by atoms with Crippen LogP contribution in [0.5, 0.6) is 0 Å². The van der Waals surface area contributed by atoms with Crippen molar-refractivity contribution in [3.63, 3.8) is 0 Å².